The van der Waals surface area contributed by atoms with Crippen molar-refractivity contribution in [3.05, 3.63) is 111 Å². The van der Waals surface area contributed by atoms with Crippen LogP contribution < -0.4 is 9.64 Å². The van der Waals surface area contributed by atoms with Gasteiger partial charge in [0.05, 0.1) is 12.8 Å². The van der Waals surface area contributed by atoms with Gasteiger partial charge in [-0.25, -0.2) is 0 Å². The number of ketones is 2. The Kier molecular flexibility index (Phi) is 5.20. The van der Waals surface area contributed by atoms with Crippen molar-refractivity contribution in [1.82, 2.24) is 0 Å². The minimum atomic E-state index is -0.440. The average Bonchev–Trinajstić information content (AvgIpc) is 3.15. The maximum atomic E-state index is 14.0. The van der Waals surface area contributed by atoms with E-state index in [1.807, 2.05) is 72.8 Å². The van der Waals surface area contributed by atoms with Gasteiger partial charge >= 0.3 is 0 Å². The molecular weight excluding hydrogens is 470 g/mol. The van der Waals surface area contributed by atoms with E-state index in [9.17, 15) is 9.59 Å². The molecule has 36 heavy (non-hydrogen) atoms. The van der Waals surface area contributed by atoms with Gasteiger partial charge in [0.2, 0.25) is 0 Å². The lowest BCUT2D eigenvalue weighted by Gasteiger charge is -2.44. The number of Topliss-reactive ketones (excluding diaryl/α,β-unsaturated/α-hetero) is 2. The molecule has 0 saturated carbocycles. The number of rotatable bonds is 3. The van der Waals surface area contributed by atoms with Gasteiger partial charge in [-0.3, -0.25) is 9.59 Å². The molecule has 3 aromatic carbocycles. The third-order valence-electron chi connectivity index (χ3n) is 7.43. The lowest BCUT2D eigenvalue weighted by Crippen LogP contribution is -2.39. The summed E-state index contributed by atoms with van der Waals surface area (Å²) in [5.41, 5.74) is 6.37. The Labute approximate surface area is 215 Å². The maximum absolute atomic E-state index is 14.0. The fourth-order valence-corrected chi connectivity index (χ4v) is 6.03. The predicted molar refractivity (Wildman–Crippen MR) is 142 cm³/mol. The largest absolute Gasteiger partial charge is 0.497 e. The molecule has 6 rings (SSSR count). The first kappa shape index (κ1) is 22.8. The van der Waals surface area contributed by atoms with E-state index < -0.39 is 5.92 Å². The van der Waals surface area contributed by atoms with E-state index in [1.165, 1.54) is 0 Å². The second-order valence-electron chi connectivity index (χ2n) is 10.5. The van der Waals surface area contributed by atoms with Crippen LogP contribution in [0.3, 0.4) is 0 Å². The van der Waals surface area contributed by atoms with Gasteiger partial charge < -0.3 is 9.64 Å². The number of allylic oxidation sites excluding steroid dienone is 3. The third kappa shape index (κ3) is 3.43. The van der Waals surface area contributed by atoms with Crippen LogP contribution >= 0.6 is 11.6 Å². The minimum Gasteiger partial charge on any atom is -0.497 e. The molecular formula is C31H26ClNO3. The van der Waals surface area contributed by atoms with Crippen molar-refractivity contribution in [1.29, 1.82) is 0 Å². The zero-order chi connectivity index (χ0) is 25.2. The van der Waals surface area contributed by atoms with Crippen molar-refractivity contribution in [3.63, 3.8) is 0 Å². The molecule has 1 aliphatic heterocycles. The Balaban J connectivity index is 1.68. The van der Waals surface area contributed by atoms with Crippen molar-refractivity contribution in [2.75, 3.05) is 12.0 Å². The summed E-state index contributed by atoms with van der Waals surface area (Å²) in [5, 5.41) is 0.620. The number of carbonyl (C=O) groups excluding carboxylic acids is 2. The standard InChI is InChI=1S/C31H26ClNO3/c1-31(2)16-24-27(25(34)17-31)26(18-8-10-19(32)11-9-18)28-29(22-6-4-5-7-23(22)30(28)35)33(24)20-12-14-21(36-3)15-13-20/h4-15,26H,16-17H2,1-3H3. The molecule has 1 heterocycles. The van der Waals surface area contributed by atoms with E-state index in [2.05, 4.69) is 18.7 Å². The predicted octanol–water partition coefficient (Wildman–Crippen LogP) is 7.20. The van der Waals surface area contributed by atoms with Gasteiger partial charge in [0.1, 0.15) is 5.75 Å². The summed E-state index contributed by atoms with van der Waals surface area (Å²) in [6, 6.07) is 23.1. The van der Waals surface area contributed by atoms with Crippen LogP contribution in [0.15, 0.2) is 89.6 Å². The monoisotopic (exact) mass is 495 g/mol. The molecule has 0 spiro atoms. The first-order valence-corrected chi connectivity index (χ1v) is 12.5. The highest BCUT2D eigenvalue weighted by molar-refractivity contribution is 6.30. The highest BCUT2D eigenvalue weighted by atomic mass is 35.5. The van der Waals surface area contributed by atoms with Gasteiger partial charge in [0.15, 0.2) is 11.6 Å². The summed E-state index contributed by atoms with van der Waals surface area (Å²) in [7, 11) is 1.64. The van der Waals surface area contributed by atoms with Crippen LogP contribution in [-0.2, 0) is 4.79 Å². The fraction of sp³-hybridized carbons (Fsp3) is 0.226. The van der Waals surface area contributed by atoms with Crippen LogP contribution in [0, 0.1) is 5.41 Å². The zero-order valence-electron chi connectivity index (χ0n) is 20.5. The molecule has 0 radical (unpaired) electrons. The number of hydrogen-bond acceptors (Lipinski definition) is 4. The van der Waals surface area contributed by atoms with Crippen LogP contribution in [0.2, 0.25) is 5.02 Å². The smallest absolute Gasteiger partial charge is 0.192 e. The number of nitrogens with zero attached hydrogens (tertiary/aromatic N) is 1. The lowest BCUT2D eigenvalue weighted by molar-refractivity contribution is -0.118. The molecule has 0 bridgehead atoms. The van der Waals surface area contributed by atoms with Crippen molar-refractivity contribution < 1.29 is 14.3 Å². The van der Waals surface area contributed by atoms with E-state index in [4.69, 9.17) is 16.3 Å². The van der Waals surface area contributed by atoms with Gasteiger partial charge in [-0.05, 0) is 53.8 Å². The van der Waals surface area contributed by atoms with Gasteiger partial charge in [0.25, 0.3) is 0 Å². The molecule has 0 aromatic heterocycles. The highest BCUT2D eigenvalue weighted by Crippen LogP contribution is 2.56. The summed E-state index contributed by atoms with van der Waals surface area (Å²) >= 11 is 6.22. The van der Waals surface area contributed by atoms with Crippen molar-refractivity contribution in [3.8, 4) is 5.75 Å². The normalized spacial score (nSPS) is 20.3. The third-order valence-corrected chi connectivity index (χ3v) is 7.68. The van der Waals surface area contributed by atoms with Crippen molar-refractivity contribution in [2.45, 2.75) is 32.6 Å². The second-order valence-corrected chi connectivity index (χ2v) is 10.9. The molecule has 0 N–H and O–H groups in total. The highest BCUT2D eigenvalue weighted by Gasteiger charge is 2.49. The average molecular weight is 496 g/mol. The summed E-state index contributed by atoms with van der Waals surface area (Å²) < 4.78 is 5.40. The van der Waals surface area contributed by atoms with Crippen LogP contribution in [0.1, 0.15) is 54.1 Å². The summed E-state index contributed by atoms with van der Waals surface area (Å²) in [4.78, 5) is 30.0. The summed E-state index contributed by atoms with van der Waals surface area (Å²) in [6.45, 7) is 4.27. The van der Waals surface area contributed by atoms with Crippen LogP contribution in [0.5, 0.6) is 5.75 Å². The first-order chi connectivity index (χ1) is 17.3. The van der Waals surface area contributed by atoms with Gasteiger partial charge in [-0.2, -0.15) is 0 Å². The molecule has 5 heteroatoms. The molecule has 3 aliphatic rings. The molecule has 1 unspecified atom stereocenters. The topological polar surface area (TPSA) is 46.6 Å². The maximum Gasteiger partial charge on any atom is 0.192 e. The first-order valence-electron chi connectivity index (χ1n) is 12.1. The quantitative estimate of drug-likeness (QED) is 0.385. The summed E-state index contributed by atoms with van der Waals surface area (Å²) in [6.07, 6.45) is 1.16. The number of benzene rings is 3. The molecule has 3 aromatic rings. The van der Waals surface area contributed by atoms with Crippen LogP contribution in [-0.4, -0.2) is 18.7 Å². The number of ether oxygens (including phenoxy) is 1. The molecule has 4 nitrogen and oxygen atoms in total. The number of anilines is 1. The molecule has 0 saturated heterocycles. The van der Waals surface area contributed by atoms with Crippen LogP contribution in [0.4, 0.5) is 5.69 Å². The molecule has 0 fully saturated rings. The Morgan fingerprint density at radius 3 is 2.19 bits per heavy atom. The van der Waals surface area contributed by atoms with E-state index >= 15 is 0 Å². The number of methoxy groups -OCH3 is 1. The minimum absolute atomic E-state index is 0.0248. The van der Waals surface area contributed by atoms with Crippen LogP contribution in [0.25, 0.3) is 5.70 Å². The van der Waals surface area contributed by atoms with E-state index in [0.29, 0.717) is 28.2 Å². The number of hydrogen-bond donors (Lipinski definition) is 0. The van der Waals surface area contributed by atoms with E-state index in [0.717, 1.165) is 40.4 Å². The number of halogens is 1. The fourth-order valence-electron chi connectivity index (χ4n) is 5.91. The summed E-state index contributed by atoms with van der Waals surface area (Å²) in [5.74, 6) is 0.379. The Morgan fingerprint density at radius 2 is 1.53 bits per heavy atom. The number of fused-ring (bicyclic) bond motifs is 2. The SMILES string of the molecule is COc1ccc(N2C3=C(C(=O)CC(C)(C)C3)C(c3ccc(Cl)cc3)C3=C2c2ccccc2C3=O)cc1. The van der Waals surface area contributed by atoms with E-state index in [-0.39, 0.29) is 17.0 Å². The van der Waals surface area contributed by atoms with Gasteiger partial charge in [-0.1, -0.05) is 61.8 Å². The molecule has 0 amide bonds. The molecule has 2 aliphatic carbocycles. The molecule has 180 valence electrons. The zero-order valence-corrected chi connectivity index (χ0v) is 21.2. The molecule has 1 atom stereocenters. The Morgan fingerprint density at radius 1 is 0.861 bits per heavy atom. The van der Waals surface area contributed by atoms with Crippen molar-refractivity contribution >= 4 is 34.6 Å². The van der Waals surface area contributed by atoms with Gasteiger partial charge in [0, 0.05) is 51.0 Å². The Hall–Kier alpha value is -3.63. The lowest BCUT2D eigenvalue weighted by atomic mass is 9.68. The van der Waals surface area contributed by atoms with Crippen molar-refractivity contribution in [2.24, 2.45) is 5.41 Å². The number of carbonyl (C=O) groups is 2. The van der Waals surface area contributed by atoms with E-state index in [1.54, 1.807) is 7.11 Å². The Bertz CT molecular complexity index is 1480. The second kappa shape index (κ2) is 8.21. The van der Waals surface area contributed by atoms with Gasteiger partial charge in [-0.15, -0.1) is 0 Å².